The molecule has 10 heteroatoms. The second-order valence-electron chi connectivity index (χ2n) is 15.6. The molecule has 1 aromatic rings. The van der Waals surface area contributed by atoms with E-state index in [4.69, 9.17) is 4.74 Å². The van der Waals surface area contributed by atoms with Gasteiger partial charge in [0.25, 0.3) is 0 Å². The van der Waals surface area contributed by atoms with Crippen LogP contribution in [0.1, 0.15) is 122 Å². The van der Waals surface area contributed by atoms with Crippen molar-refractivity contribution in [2.45, 2.75) is 134 Å². The first-order valence-electron chi connectivity index (χ1n) is 17.9. The van der Waals surface area contributed by atoms with Crippen molar-refractivity contribution in [2.24, 2.45) is 34.5 Å². The number of aliphatic hydroxyl groups is 1. The third-order valence-corrected chi connectivity index (χ3v) is 14.2. The number of Topliss-reactive ketones (excluding diaryl/α,β-unsaturated/α-hetero) is 1. The molecule has 0 heterocycles. The normalized spacial score (nSPS) is 34.8. The average molecular weight is 689 g/mol. The Morgan fingerprint density at radius 2 is 1.57 bits per heavy atom. The fourth-order valence-corrected chi connectivity index (χ4v) is 11.3. The van der Waals surface area contributed by atoms with Crippen LogP contribution in [0.15, 0.2) is 24.3 Å². The highest BCUT2D eigenvalue weighted by Gasteiger charge is 2.63. The molecule has 4 saturated carbocycles. The van der Waals surface area contributed by atoms with Gasteiger partial charge in [0.2, 0.25) is 0 Å². The van der Waals surface area contributed by atoms with Crippen molar-refractivity contribution in [3.05, 3.63) is 29.8 Å². The lowest BCUT2D eigenvalue weighted by Crippen LogP contribution is -2.56. The van der Waals surface area contributed by atoms with Gasteiger partial charge in [0.05, 0.1) is 12.7 Å². The van der Waals surface area contributed by atoms with Crippen LogP contribution in [0.2, 0.25) is 0 Å². The number of benzene rings is 1. The van der Waals surface area contributed by atoms with Crippen molar-refractivity contribution in [1.29, 1.82) is 0 Å². The fraction of sp³-hybridized carbons (Fsp3) is 0.811. The number of alkyl halides is 5. The predicted octanol–water partition coefficient (Wildman–Crippen LogP) is 9.41. The van der Waals surface area contributed by atoms with Gasteiger partial charge in [-0.2, -0.15) is 22.0 Å². The van der Waals surface area contributed by atoms with Crippen molar-refractivity contribution < 1.29 is 40.8 Å². The van der Waals surface area contributed by atoms with Crippen LogP contribution in [0.4, 0.5) is 22.0 Å². The topological polar surface area (TPSA) is 63.6 Å². The molecule has 47 heavy (non-hydrogen) atoms. The molecular weight excluding hydrogens is 635 g/mol. The molecular formula is C37H53F5O4S. The van der Waals surface area contributed by atoms with Gasteiger partial charge in [-0.1, -0.05) is 45.2 Å². The summed E-state index contributed by atoms with van der Waals surface area (Å²) < 4.78 is 80.7. The van der Waals surface area contributed by atoms with Gasteiger partial charge >= 0.3 is 12.1 Å². The molecule has 4 aliphatic carbocycles. The molecule has 5 rings (SSSR count). The van der Waals surface area contributed by atoms with Crippen LogP contribution in [-0.4, -0.2) is 51.4 Å². The molecule has 4 unspecified atom stereocenters. The maximum Gasteiger partial charge on any atom is 0.453 e. The number of aliphatic hydroxyl groups excluding tert-OH is 1. The van der Waals surface area contributed by atoms with E-state index in [1.165, 1.54) is 5.56 Å². The zero-order valence-corrected chi connectivity index (χ0v) is 28.8. The average Bonchev–Trinajstić information content (AvgIpc) is 3.31. The quantitative estimate of drug-likeness (QED) is 0.156. The zero-order chi connectivity index (χ0) is 34.0. The Balaban J connectivity index is 1.07. The van der Waals surface area contributed by atoms with Crippen molar-refractivity contribution >= 4 is 16.6 Å². The Bertz CT molecular complexity index is 1240. The highest BCUT2D eigenvalue weighted by Crippen LogP contribution is 2.69. The molecule has 0 amide bonds. The third kappa shape index (κ3) is 7.94. The number of halogens is 5. The minimum atomic E-state index is -5.56. The van der Waals surface area contributed by atoms with E-state index < -0.39 is 35.7 Å². The minimum absolute atomic E-state index is 0.0713. The van der Waals surface area contributed by atoms with E-state index in [1.54, 1.807) is 0 Å². The van der Waals surface area contributed by atoms with Crippen molar-refractivity contribution in [1.82, 2.24) is 0 Å². The number of hydrogen-bond donors (Lipinski definition) is 1. The number of hydrogen-bond acceptors (Lipinski definition) is 4. The van der Waals surface area contributed by atoms with E-state index in [1.807, 2.05) is 0 Å². The highest BCUT2D eigenvalue weighted by molar-refractivity contribution is 7.84. The van der Waals surface area contributed by atoms with Crippen LogP contribution in [-0.2, 0) is 15.6 Å². The van der Waals surface area contributed by atoms with Crippen molar-refractivity contribution in [3.63, 3.8) is 0 Å². The van der Waals surface area contributed by atoms with Crippen molar-refractivity contribution in [2.75, 3.05) is 18.1 Å². The summed E-state index contributed by atoms with van der Waals surface area (Å²) in [6, 6.07) is 8.56. The lowest BCUT2D eigenvalue weighted by Gasteiger charge is -2.62. The molecule has 0 saturated heterocycles. The molecule has 4 fully saturated rings. The lowest BCUT2D eigenvalue weighted by molar-refractivity contribution is -0.284. The second-order valence-corrected chi connectivity index (χ2v) is 17.3. The standard InChI is InChI=1S/C37H53F5O4S/c1-34-19-17-27(43)23-26(34)11-14-29-31-15-16-32(44)35(31,2)24-30(33(29)34)25-9-12-28(13-10-25)46-20-6-4-3-5-7-21-47(45)22-8-18-36(38,39)37(40,41)42/h9-10,12-13,26,29-33,44H,3-8,11,14-24H2,1-2H3/t26?,29-,30?,31-,32?,33-,34-,35-,47?/m0/s1. The molecule has 4 nitrogen and oxygen atoms in total. The SMILES string of the molecule is C[C@]12CCC(=O)CC1CC[C@@H]1[C@H]2C(c2ccc(OCCCCCCCS(=O)CCCC(F)(F)C(F)(F)F)cc2)C[C@]2(C)C(O)CC[C@@H]12. The largest absolute Gasteiger partial charge is 0.494 e. The van der Waals surface area contributed by atoms with Gasteiger partial charge in [0.15, 0.2) is 0 Å². The smallest absolute Gasteiger partial charge is 0.453 e. The highest BCUT2D eigenvalue weighted by atomic mass is 32.2. The monoisotopic (exact) mass is 688 g/mol. The van der Waals surface area contributed by atoms with Gasteiger partial charge in [-0.3, -0.25) is 9.00 Å². The second kappa shape index (κ2) is 14.7. The van der Waals surface area contributed by atoms with Crippen LogP contribution in [0.5, 0.6) is 5.75 Å². The molecule has 1 aromatic carbocycles. The summed E-state index contributed by atoms with van der Waals surface area (Å²) in [5.74, 6) is -0.843. The van der Waals surface area contributed by atoms with E-state index in [2.05, 4.69) is 38.1 Å². The van der Waals surface area contributed by atoms with Crippen LogP contribution in [0, 0.1) is 34.5 Å². The number of carbonyl (C=O) groups excluding carboxylic acids is 1. The van der Waals surface area contributed by atoms with E-state index in [-0.39, 0.29) is 22.7 Å². The zero-order valence-electron chi connectivity index (χ0n) is 28.0. The Morgan fingerprint density at radius 3 is 2.30 bits per heavy atom. The van der Waals surface area contributed by atoms with Crippen LogP contribution in [0.3, 0.4) is 0 Å². The maximum absolute atomic E-state index is 13.0. The number of rotatable bonds is 14. The molecule has 4 aliphatic rings. The molecule has 1 N–H and O–H groups in total. The van der Waals surface area contributed by atoms with E-state index in [0.717, 1.165) is 76.4 Å². The first-order valence-corrected chi connectivity index (χ1v) is 19.4. The van der Waals surface area contributed by atoms with Crippen LogP contribution >= 0.6 is 0 Å². The first-order chi connectivity index (χ1) is 22.2. The number of carbonyl (C=O) groups is 1. The predicted molar refractivity (Wildman–Crippen MR) is 174 cm³/mol. The number of ketones is 1. The summed E-state index contributed by atoms with van der Waals surface area (Å²) >= 11 is 0. The van der Waals surface area contributed by atoms with Crippen LogP contribution in [0.25, 0.3) is 0 Å². The van der Waals surface area contributed by atoms with Gasteiger partial charge in [0, 0.05) is 41.6 Å². The van der Waals surface area contributed by atoms with Gasteiger partial charge in [0.1, 0.15) is 11.5 Å². The summed E-state index contributed by atoms with van der Waals surface area (Å²) in [6.07, 6.45) is 4.29. The van der Waals surface area contributed by atoms with Gasteiger partial charge < -0.3 is 9.84 Å². The molecule has 0 aromatic heterocycles. The van der Waals surface area contributed by atoms with Gasteiger partial charge in [-0.15, -0.1) is 0 Å². The van der Waals surface area contributed by atoms with Gasteiger partial charge in [-0.25, -0.2) is 0 Å². The Labute approximate surface area is 279 Å². The molecule has 266 valence electrons. The van der Waals surface area contributed by atoms with E-state index in [9.17, 15) is 36.1 Å². The van der Waals surface area contributed by atoms with E-state index >= 15 is 0 Å². The number of ether oxygens (including phenoxy) is 1. The fourth-order valence-electron chi connectivity index (χ4n) is 10.1. The molecule has 0 bridgehead atoms. The number of fused-ring (bicyclic) bond motifs is 5. The van der Waals surface area contributed by atoms with Gasteiger partial charge in [-0.05, 0) is 116 Å². The summed E-state index contributed by atoms with van der Waals surface area (Å²) in [6.45, 7) is 5.36. The maximum atomic E-state index is 13.0. The Kier molecular flexibility index (Phi) is 11.5. The molecule has 0 aliphatic heterocycles. The molecule has 0 radical (unpaired) electrons. The minimum Gasteiger partial charge on any atom is -0.494 e. The third-order valence-electron chi connectivity index (χ3n) is 12.8. The summed E-state index contributed by atoms with van der Waals surface area (Å²) in [5.41, 5.74) is 1.39. The Morgan fingerprint density at radius 1 is 0.894 bits per heavy atom. The van der Waals surface area contributed by atoms with Crippen LogP contribution < -0.4 is 4.74 Å². The summed E-state index contributed by atoms with van der Waals surface area (Å²) in [7, 11) is -1.38. The first kappa shape index (κ1) is 36.7. The summed E-state index contributed by atoms with van der Waals surface area (Å²) in [5, 5.41) is 11.2. The molecule has 9 atom stereocenters. The molecule has 0 spiro atoms. The van der Waals surface area contributed by atoms with E-state index in [0.29, 0.717) is 60.6 Å². The Hall–Kier alpha value is -1.55. The van der Waals surface area contributed by atoms with Crippen molar-refractivity contribution in [3.8, 4) is 5.75 Å². The lowest BCUT2D eigenvalue weighted by atomic mass is 9.42. The number of unbranched alkanes of at least 4 members (excludes halogenated alkanes) is 4. The summed E-state index contributed by atoms with van der Waals surface area (Å²) in [4.78, 5) is 12.5.